The van der Waals surface area contributed by atoms with E-state index in [0.29, 0.717) is 26.9 Å². The van der Waals surface area contributed by atoms with E-state index in [-0.39, 0.29) is 11.4 Å². The van der Waals surface area contributed by atoms with Crippen LogP contribution in [-0.2, 0) is 4.79 Å². The number of amides is 1. The highest BCUT2D eigenvalue weighted by Crippen LogP contribution is 2.35. The Morgan fingerprint density at radius 1 is 1.33 bits per heavy atom. The SMILES string of the molecule is C=C(c1ccccc1)c1c(NC2=CC(=O)N(C)C(C)(C)C2)ncc(F)c1I. The van der Waals surface area contributed by atoms with Gasteiger partial charge in [0.25, 0.3) is 0 Å². The molecule has 0 saturated carbocycles. The van der Waals surface area contributed by atoms with Gasteiger partial charge in [0.15, 0.2) is 5.82 Å². The minimum atomic E-state index is -0.401. The van der Waals surface area contributed by atoms with Crippen LogP contribution in [0.4, 0.5) is 10.2 Å². The molecule has 1 aromatic heterocycles. The van der Waals surface area contributed by atoms with Crippen LogP contribution in [-0.4, -0.2) is 28.4 Å². The lowest BCUT2D eigenvalue weighted by atomic mass is 9.92. The predicted molar refractivity (Wildman–Crippen MR) is 115 cm³/mol. The molecule has 3 rings (SSSR count). The van der Waals surface area contributed by atoms with Crippen LogP contribution < -0.4 is 5.32 Å². The zero-order valence-electron chi connectivity index (χ0n) is 15.5. The normalized spacial score (nSPS) is 16.1. The number of carbonyl (C=O) groups excluding carboxylic acids is 1. The van der Waals surface area contributed by atoms with Gasteiger partial charge < -0.3 is 10.2 Å². The number of nitrogens with one attached hydrogen (secondary N) is 1. The van der Waals surface area contributed by atoms with E-state index >= 15 is 0 Å². The number of rotatable bonds is 4. The first kappa shape index (κ1) is 19.5. The Balaban J connectivity index is 2.02. The van der Waals surface area contributed by atoms with E-state index in [1.165, 1.54) is 6.20 Å². The molecular formula is C21H21FIN3O. The maximum Gasteiger partial charge on any atom is 0.248 e. The van der Waals surface area contributed by atoms with Crippen LogP contribution in [0, 0.1) is 9.39 Å². The van der Waals surface area contributed by atoms with Gasteiger partial charge in [0, 0.05) is 36.3 Å². The van der Waals surface area contributed by atoms with Crippen molar-refractivity contribution in [2.75, 3.05) is 12.4 Å². The van der Waals surface area contributed by atoms with Gasteiger partial charge in [-0.1, -0.05) is 36.9 Å². The number of halogens is 2. The van der Waals surface area contributed by atoms with Crippen molar-refractivity contribution in [3.8, 4) is 0 Å². The van der Waals surface area contributed by atoms with Crippen molar-refractivity contribution in [3.63, 3.8) is 0 Å². The highest BCUT2D eigenvalue weighted by molar-refractivity contribution is 14.1. The second-order valence-corrected chi connectivity index (χ2v) is 8.25. The fraction of sp³-hybridized carbons (Fsp3) is 0.238. The van der Waals surface area contributed by atoms with Gasteiger partial charge in [-0.3, -0.25) is 4.79 Å². The Labute approximate surface area is 172 Å². The molecule has 27 heavy (non-hydrogen) atoms. The van der Waals surface area contributed by atoms with E-state index in [9.17, 15) is 9.18 Å². The van der Waals surface area contributed by atoms with E-state index in [2.05, 4.69) is 16.9 Å². The highest BCUT2D eigenvalue weighted by Gasteiger charge is 2.33. The average molecular weight is 477 g/mol. The molecule has 1 aromatic carbocycles. The number of hydrogen-bond acceptors (Lipinski definition) is 3. The third kappa shape index (κ3) is 3.90. The van der Waals surface area contributed by atoms with E-state index in [4.69, 9.17) is 0 Å². The van der Waals surface area contributed by atoms with Gasteiger partial charge in [0.1, 0.15) is 5.82 Å². The molecular weight excluding hydrogens is 456 g/mol. The second-order valence-electron chi connectivity index (χ2n) is 7.17. The fourth-order valence-corrected chi connectivity index (χ4v) is 3.75. The van der Waals surface area contributed by atoms with Crippen molar-refractivity contribution in [3.05, 3.63) is 75.4 Å². The molecule has 6 heteroatoms. The van der Waals surface area contributed by atoms with E-state index in [0.717, 1.165) is 11.3 Å². The number of benzene rings is 1. The number of nitrogens with zero attached hydrogens (tertiary/aromatic N) is 2. The lowest BCUT2D eigenvalue weighted by Crippen LogP contribution is -2.48. The molecule has 2 aromatic rings. The minimum absolute atomic E-state index is 0.0750. The Morgan fingerprint density at radius 2 is 2.00 bits per heavy atom. The molecule has 0 atom stereocenters. The van der Waals surface area contributed by atoms with Gasteiger partial charge >= 0.3 is 0 Å². The Morgan fingerprint density at radius 3 is 2.63 bits per heavy atom. The zero-order chi connectivity index (χ0) is 19.8. The summed E-state index contributed by atoms with van der Waals surface area (Å²) in [5.41, 5.74) is 2.60. The summed E-state index contributed by atoms with van der Waals surface area (Å²) in [7, 11) is 1.79. The number of likely N-dealkylation sites (N-methyl/N-ethyl adjacent to an activating group) is 1. The largest absolute Gasteiger partial charge is 0.343 e. The lowest BCUT2D eigenvalue weighted by molar-refractivity contribution is -0.130. The van der Waals surface area contributed by atoms with Gasteiger partial charge in [0.2, 0.25) is 5.91 Å². The zero-order valence-corrected chi connectivity index (χ0v) is 17.7. The first-order valence-electron chi connectivity index (χ1n) is 8.55. The number of anilines is 1. The van der Waals surface area contributed by atoms with Gasteiger partial charge in [-0.2, -0.15) is 0 Å². The predicted octanol–water partition coefficient (Wildman–Crippen LogP) is 4.82. The fourth-order valence-electron chi connectivity index (χ4n) is 3.03. The summed E-state index contributed by atoms with van der Waals surface area (Å²) in [5.74, 6) is 0.0186. The summed E-state index contributed by atoms with van der Waals surface area (Å²) < 4.78 is 14.7. The van der Waals surface area contributed by atoms with Crippen molar-refractivity contribution in [1.29, 1.82) is 0 Å². The van der Waals surface area contributed by atoms with Crippen molar-refractivity contribution in [2.24, 2.45) is 0 Å². The first-order chi connectivity index (χ1) is 12.7. The van der Waals surface area contributed by atoms with Crippen LogP contribution >= 0.6 is 22.6 Å². The van der Waals surface area contributed by atoms with Crippen LogP contribution in [0.1, 0.15) is 31.4 Å². The summed E-state index contributed by atoms with van der Waals surface area (Å²) >= 11 is 1.97. The van der Waals surface area contributed by atoms with E-state index in [1.807, 2.05) is 66.8 Å². The monoisotopic (exact) mass is 477 g/mol. The molecule has 0 bridgehead atoms. The van der Waals surface area contributed by atoms with Gasteiger partial charge in [0.05, 0.1) is 9.77 Å². The molecule has 0 aliphatic carbocycles. The topological polar surface area (TPSA) is 45.2 Å². The number of aromatic nitrogens is 1. The van der Waals surface area contributed by atoms with Crippen LogP contribution in [0.3, 0.4) is 0 Å². The number of pyridine rings is 1. The quantitative estimate of drug-likeness (QED) is 0.643. The highest BCUT2D eigenvalue weighted by atomic mass is 127. The molecule has 0 spiro atoms. The minimum Gasteiger partial charge on any atom is -0.343 e. The smallest absolute Gasteiger partial charge is 0.248 e. The van der Waals surface area contributed by atoms with E-state index < -0.39 is 5.82 Å². The first-order valence-corrected chi connectivity index (χ1v) is 9.62. The van der Waals surface area contributed by atoms with Crippen LogP contribution in [0.25, 0.3) is 5.57 Å². The summed E-state index contributed by atoms with van der Waals surface area (Å²) in [6.45, 7) is 8.17. The second kappa shape index (κ2) is 7.42. The van der Waals surface area contributed by atoms with E-state index in [1.54, 1.807) is 18.0 Å². The molecule has 0 saturated heterocycles. The molecule has 2 heterocycles. The molecule has 1 N–H and O–H groups in total. The third-order valence-corrected chi connectivity index (χ3v) is 5.89. The summed E-state index contributed by atoms with van der Waals surface area (Å²) in [5, 5.41) is 3.24. The summed E-state index contributed by atoms with van der Waals surface area (Å²) in [6, 6.07) is 9.59. The molecule has 0 radical (unpaired) electrons. The standard InChI is InChI=1S/C21H21FIN3O/c1-13(14-8-6-5-7-9-14)18-19(23)16(22)12-24-20(18)25-15-10-17(27)26(4)21(2,3)11-15/h5-10,12H,1,11H2,2-4H3,(H,24,25). The maximum absolute atomic E-state index is 14.2. The molecule has 1 aliphatic heterocycles. The molecule has 0 unspecified atom stereocenters. The molecule has 4 nitrogen and oxygen atoms in total. The third-order valence-electron chi connectivity index (χ3n) is 4.84. The maximum atomic E-state index is 14.2. The van der Waals surface area contributed by atoms with Crippen molar-refractivity contribution < 1.29 is 9.18 Å². The Bertz CT molecular complexity index is 938. The number of hydrogen-bond donors (Lipinski definition) is 1. The Kier molecular flexibility index (Phi) is 5.37. The molecule has 1 amide bonds. The molecule has 1 aliphatic rings. The van der Waals surface area contributed by atoms with Crippen molar-refractivity contribution >= 4 is 39.9 Å². The van der Waals surface area contributed by atoms with Crippen LogP contribution in [0.5, 0.6) is 0 Å². The van der Waals surface area contributed by atoms with Crippen LogP contribution in [0.15, 0.2) is 54.9 Å². The molecule has 0 fully saturated rings. The lowest BCUT2D eigenvalue weighted by Gasteiger charge is -2.39. The summed E-state index contributed by atoms with van der Waals surface area (Å²) in [4.78, 5) is 18.2. The van der Waals surface area contributed by atoms with Gasteiger partial charge in [-0.05, 0) is 47.6 Å². The van der Waals surface area contributed by atoms with Gasteiger partial charge in [-0.15, -0.1) is 0 Å². The van der Waals surface area contributed by atoms with Crippen LogP contribution in [0.2, 0.25) is 0 Å². The Hall–Kier alpha value is -2.22. The number of carbonyl (C=O) groups is 1. The molecule has 140 valence electrons. The van der Waals surface area contributed by atoms with Crippen molar-refractivity contribution in [1.82, 2.24) is 9.88 Å². The van der Waals surface area contributed by atoms with Crippen molar-refractivity contribution in [2.45, 2.75) is 25.8 Å². The average Bonchev–Trinajstić information content (AvgIpc) is 2.63. The summed E-state index contributed by atoms with van der Waals surface area (Å²) in [6.07, 6.45) is 3.40. The van der Waals surface area contributed by atoms with Gasteiger partial charge in [-0.25, -0.2) is 9.37 Å².